The van der Waals surface area contributed by atoms with E-state index in [2.05, 4.69) is 9.71 Å². The molecular formula is C17H16ClN3O3S. The number of ether oxygens (including phenoxy) is 1. The Hall–Kier alpha value is -2.19. The van der Waals surface area contributed by atoms with Crippen LogP contribution in [0.25, 0.3) is 22.0 Å². The molecule has 0 aliphatic carbocycles. The summed E-state index contributed by atoms with van der Waals surface area (Å²) in [5.41, 5.74) is 3.28. The number of hydrogen-bond donors (Lipinski definition) is 2. The fraction of sp³-hybridized carbons (Fsp3) is 0.118. The highest BCUT2D eigenvalue weighted by Crippen LogP contribution is 2.34. The zero-order chi connectivity index (χ0) is 18.0. The molecule has 0 radical (unpaired) electrons. The van der Waals surface area contributed by atoms with Crippen LogP contribution in [0.4, 0.5) is 0 Å². The highest BCUT2D eigenvalue weighted by Gasteiger charge is 2.10. The van der Waals surface area contributed by atoms with E-state index in [9.17, 15) is 8.42 Å². The number of hydrogen-bond acceptors (Lipinski definition) is 4. The maximum absolute atomic E-state index is 11.0. The molecule has 3 rings (SSSR count). The van der Waals surface area contributed by atoms with Gasteiger partial charge >= 0.3 is 0 Å². The average Bonchev–Trinajstić information content (AvgIpc) is 2.58. The average molecular weight is 378 g/mol. The minimum absolute atomic E-state index is 0.0765. The van der Waals surface area contributed by atoms with Crippen LogP contribution >= 0.6 is 11.6 Å². The molecule has 2 aromatic carbocycles. The molecule has 25 heavy (non-hydrogen) atoms. The number of nitrogens with zero attached hydrogens (tertiary/aromatic N) is 1. The normalized spacial score (nSPS) is 11.6. The molecule has 0 saturated heterocycles. The van der Waals surface area contributed by atoms with Crippen molar-refractivity contribution in [1.29, 1.82) is 0 Å². The number of rotatable bonds is 5. The maximum atomic E-state index is 11.0. The molecular weight excluding hydrogens is 362 g/mol. The first-order valence-electron chi connectivity index (χ1n) is 7.36. The SMILES string of the molecule is COc1ccc2c(-c3ccc(CNS(N)(=O)=O)cc3Cl)ccnc2c1. The molecule has 1 heterocycles. The molecule has 0 amide bonds. The molecule has 3 N–H and O–H groups in total. The number of aromatic nitrogens is 1. The topological polar surface area (TPSA) is 94.3 Å². The summed E-state index contributed by atoms with van der Waals surface area (Å²) >= 11 is 6.42. The van der Waals surface area contributed by atoms with Crippen LogP contribution in [0.5, 0.6) is 5.75 Å². The minimum Gasteiger partial charge on any atom is -0.497 e. The van der Waals surface area contributed by atoms with E-state index < -0.39 is 10.2 Å². The molecule has 0 aliphatic heterocycles. The molecule has 0 spiro atoms. The van der Waals surface area contributed by atoms with Gasteiger partial charge in [0.05, 0.1) is 12.6 Å². The third-order valence-electron chi connectivity index (χ3n) is 3.75. The smallest absolute Gasteiger partial charge is 0.274 e. The third-order valence-corrected chi connectivity index (χ3v) is 4.61. The summed E-state index contributed by atoms with van der Waals surface area (Å²) in [7, 11) is -2.14. The first-order chi connectivity index (χ1) is 11.9. The van der Waals surface area contributed by atoms with Crippen LogP contribution in [0, 0.1) is 0 Å². The molecule has 0 bridgehead atoms. The van der Waals surface area contributed by atoms with E-state index in [-0.39, 0.29) is 6.54 Å². The van der Waals surface area contributed by atoms with Gasteiger partial charge in [-0.2, -0.15) is 13.1 Å². The number of pyridine rings is 1. The molecule has 6 nitrogen and oxygen atoms in total. The van der Waals surface area contributed by atoms with Gasteiger partial charge in [-0.25, -0.2) is 5.14 Å². The zero-order valence-electron chi connectivity index (χ0n) is 13.4. The Bertz CT molecular complexity index is 1040. The van der Waals surface area contributed by atoms with Crippen molar-refractivity contribution in [3.63, 3.8) is 0 Å². The Labute approximate surface area is 150 Å². The quantitative estimate of drug-likeness (QED) is 0.714. The number of fused-ring (bicyclic) bond motifs is 1. The fourth-order valence-corrected chi connectivity index (χ4v) is 3.23. The van der Waals surface area contributed by atoms with E-state index in [0.29, 0.717) is 10.6 Å². The van der Waals surface area contributed by atoms with Crippen molar-refractivity contribution in [2.24, 2.45) is 5.14 Å². The van der Waals surface area contributed by atoms with Gasteiger partial charge in [-0.3, -0.25) is 4.98 Å². The van der Waals surface area contributed by atoms with E-state index in [0.717, 1.165) is 27.8 Å². The minimum atomic E-state index is -3.75. The van der Waals surface area contributed by atoms with Crippen LogP contribution in [0.1, 0.15) is 5.56 Å². The van der Waals surface area contributed by atoms with Crippen molar-refractivity contribution in [2.75, 3.05) is 7.11 Å². The second-order valence-electron chi connectivity index (χ2n) is 5.42. The lowest BCUT2D eigenvalue weighted by atomic mass is 10.00. The van der Waals surface area contributed by atoms with Gasteiger partial charge in [0.25, 0.3) is 10.2 Å². The summed E-state index contributed by atoms with van der Waals surface area (Å²) in [6, 6.07) is 12.9. The van der Waals surface area contributed by atoms with Crippen molar-refractivity contribution < 1.29 is 13.2 Å². The van der Waals surface area contributed by atoms with Gasteiger partial charge in [-0.05, 0) is 35.4 Å². The van der Waals surface area contributed by atoms with Crippen molar-refractivity contribution in [3.8, 4) is 16.9 Å². The highest BCUT2D eigenvalue weighted by atomic mass is 35.5. The van der Waals surface area contributed by atoms with Crippen LogP contribution in [0.3, 0.4) is 0 Å². The van der Waals surface area contributed by atoms with Gasteiger partial charge < -0.3 is 4.74 Å². The lowest BCUT2D eigenvalue weighted by molar-refractivity contribution is 0.415. The predicted octanol–water partition coefficient (Wildman–Crippen LogP) is 2.86. The van der Waals surface area contributed by atoms with Crippen molar-refractivity contribution in [3.05, 3.63) is 59.2 Å². The summed E-state index contributed by atoms with van der Waals surface area (Å²) < 4.78 is 29.5. The van der Waals surface area contributed by atoms with Crippen molar-refractivity contribution >= 4 is 32.7 Å². The Morgan fingerprint density at radius 2 is 1.96 bits per heavy atom. The molecule has 130 valence electrons. The highest BCUT2D eigenvalue weighted by molar-refractivity contribution is 7.87. The number of halogens is 1. The van der Waals surface area contributed by atoms with Crippen molar-refractivity contribution in [2.45, 2.75) is 6.54 Å². The van der Waals surface area contributed by atoms with Gasteiger partial charge in [0.15, 0.2) is 0 Å². The van der Waals surface area contributed by atoms with E-state index in [1.165, 1.54) is 0 Å². The van der Waals surface area contributed by atoms with Crippen LogP contribution in [0.2, 0.25) is 5.02 Å². The monoisotopic (exact) mass is 377 g/mol. The largest absolute Gasteiger partial charge is 0.497 e. The molecule has 8 heteroatoms. The first-order valence-corrected chi connectivity index (χ1v) is 9.29. The van der Waals surface area contributed by atoms with E-state index in [4.69, 9.17) is 21.5 Å². The van der Waals surface area contributed by atoms with Crippen LogP contribution in [-0.4, -0.2) is 20.5 Å². The van der Waals surface area contributed by atoms with Crippen LogP contribution in [-0.2, 0) is 16.8 Å². The van der Waals surface area contributed by atoms with E-state index >= 15 is 0 Å². The standard InChI is InChI=1S/C17H16ClN3O3S/c1-24-12-3-5-15-13(6-7-20-17(15)9-12)14-4-2-11(8-16(14)18)10-21-25(19,22)23/h2-9,21H,10H2,1H3,(H2,19,22,23). The molecule has 0 unspecified atom stereocenters. The second kappa shape index (κ2) is 6.97. The Morgan fingerprint density at radius 3 is 2.64 bits per heavy atom. The number of methoxy groups -OCH3 is 1. The first kappa shape index (κ1) is 17.6. The Balaban J connectivity index is 2.01. The van der Waals surface area contributed by atoms with E-state index in [1.807, 2.05) is 30.3 Å². The molecule has 0 atom stereocenters. The summed E-state index contributed by atoms with van der Waals surface area (Å²) in [6.45, 7) is 0.0765. The summed E-state index contributed by atoms with van der Waals surface area (Å²) in [4.78, 5) is 4.37. The maximum Gasteiger partial charge on any atom is 0.274 e. The lowest BCUT2D eigenvalue weighted by Gasteiger charge is -2.11. The number of benzene rings is 2. The van der Waals surface area contributed by atoms with E-state index in [1.54, 1.807) is 25.4 Å². The molecule has 0 aliphatic rings. The van der Waals surface area contributed by atoms with Gasteiger partial charge in [0.2, 0.25) is 0 Å². The number of nitrogens with one attached hydrogen (secondary N) is 1. The molecule has 0 saturated carbocycles. The number of nitrogens with two attached hydrogens (primary N) is 1. The summed E-state index contributed by atoms with van der Waals surface area (Å²) in [6.07, 6.45) is 1.71. The lowest BCUT2D eigenvalue weighted by Crippen LogP contribution is -2.30. The second-order valence-corrected chi connectivity index (χ2v) is 7.21. The van der Waals surface area contributed by atoms with Gasteiger partial charge in [0.1, 0.15) is 5.75 Å². The van der Waals surface area contributed by atoms with Gasteiger partial charge in [-0.1, -0.05) is 23.7 Å². The Kier molecular flexibility index (Phi) is 4.91. The van der Waals surface area contributed by atoms with Gasteiger partial charge in [-0.15, -0.1) is 0 Å². The van der Waals surface area contributed by atoms with Crippen LogP contribution < -0.4 is 14.6 Å². The predicted molar refractivity (Wildman–Crippen MR) is 98.7 cm³/mol. The third kappa shape index (κ3) is 4.08. The zero-order valence-corrected chi connectivity index (χ0v) is 14.9. The summed E-state index contributed by atoms with van der Waals surface area (Å²) in [5.74, 6) is 0.729. The Morgan fingerprint density at radius 1 is 1.16 bits per heavy atom. The molecule has 1 aromatic heterocycles. The van der Waals surface area contributed by atoms with Crippen LogP contribution in [0.15, 0.2) is 48.7 Å². The summed E-state index contributed by atoms with van der Waals surface area (Å²) in [5, 5.41) is 6.40. The van der Waals surface area contributed by atoms with Crippen molar-refractivity contribution in [1.82, 2.24) is 9.71 Å². The van der Waals surface area contributed by atoms with Gasteiger partial charge in [0, 0.05) is 34.8 Å². The molecule has 3 aromatic rings. The molecule has 0 fully saturated rings. The fourth-order valence-electron chi connectivity index (χ4n) is 2.56.